The van der Waals surface area contributed by atoms with Crippen molar-refractivity contribution in [1.29, 1.82) is 0 Å². The van der Waals surface area contributed by atoms with Gasteiger partial charge in [0.15, 0.2) is 0 Å². The van der Waals surface area contributed by atoms with Gasteiger partial charge in [-0.3, -0.25) is 0 Å². The normalized spacial score (nSPS) is 15.6. The van der Waals surface area contributed by atoms with Crippen LogP contribution in [0.3, 0.4) is 0 Å². The standard InChI is InChI=1S/C13H18BrF2N/c1-10(14)8-11(2)17-9-13(15,16)12-6-4-3-5-7-12/h3-7,10-11,17H,8-9H2,1-2H3. The van der Waals surface area contributed by atoms with Crippen LogP contribution in [0.4, 0.5) is 8.78 Å². The van der Waals surface area contributed by atoms with Crippen LogP contribution in [-0.4, -0.2) is 17.4 Å². The monoisotopic (exact) mass is 305 g/mol. The smallest absolute Gasteiger partial charge is 0.285 e. The minimum absolute atomic E-state index is 0.0617. The third-order valence-electron chi connectivity index (χ3n) is 2.55. The quantitative estimate of drug-likeness (QED) is 0.785. The van der Waals surface area contributed by atoms with Gasteiger partial charge >= 0.3 is 0 Å². The maximum Gasteiger partial charge on any atom is 0.285 e. The van der Waals surface area contributed by atoms with E-state index in [0.717, 1.165) is 6.42 Å². The van der Waals surface area contributed by atoms with Crippen molar-refractivity contribution in [3.05, 3.63) is 35.9 Å². The first kappa shape index (κ1) is 14.6. The molecule has 1 nitrogen and oxygen atoms in total. The van der Waals surface area contributed by atoms with Crippen LogP contribution in [0.25, 0.3) is 0 Å². The second-order valence-electron chi connectivity index (χ2n) is 4.37. The topological polar surface area (TPSA) is 12.0 Å². The predicted molar refractivity (Wildman–Crippen MR) is 70.8 cm³/mol. The van der Waals surface area contributed by atoms with E-state index in [2.05, 4.69) is 21.2 Å². The van der Waals surface area contributed by atoms with Gasteiger partial charge in [0.2, 0.25) is 0 Å². The van der Waals surface area contributed by atoms with Crippen LogP contribution in [0.1, 0.15) is 25.8 Å². The van der Waals surface area contributed by atoms with Crippen LogP contribution in [0.2, 0.25) is 0 Å². The molecule has 0 saturated carbocycles. The molecule has 0 spiro atoms. The van der Waals surface area contributed by atoms with Crippen LogP contribution in [-0.2, 0) is 5.92 Å². The van der Waals surface area contributed by atoms with Crippen molar-refractivity contribution in [2.24, 2.45) is 0 Å². The average molecular weight is 306 g/mol. The molecule has 1 rings (SSSR count). The molecule has 0 bridgehead atoms. The van der Waals surface area contributed by atoms with Gasteiger partial charge in [-0.1, -0.05) is 53.2 Å². The minimum atomic E-state index is -2.81. The lowest BCUT2D eigenvalue weighted by atomic mass is 10.1. The number of nitrogens with one attached hydrogen (secondary N) is 1. The van der Waals surface area contributed by atoms with Crippen molar-refractivity contribution in [2.75, 3.05) is 6.54 Å². The summed E-state index contributed by atoms with van der Waals surface area (Å²) in [5, 5.41) is 2.87. The molecule has 0 radical (unpaired) electrons. The Morgan fingerprint density at radius 1 is 1.24 bits per heavy atom. The van der Waals surface area contributed by atoms with Crippen molar-refractivity contribution in [2.45, 2.75) is 37.1 Å². The molecule has 0 aliphatic carbocycles. The number of alkyl halides is 3. The predicted octanol–water partition coefficient (Wildman–Crippen LogP) is 3.93. The van der Waals surface area contributed by atoms with Gasteiger partial charge in [0.1, 0.15) is 0 Å². The van der Waals surface area contributed by atoms with E-state index in [-0.39, 0.29) is 18.2 Å². The van der Waals surface area contributed by atoms with Crippen LogP contribution in [0, 0.1) is 0 Å². The van der Waals surface area contributed by atoms with E-state index in [4.69, 9.17) is 0 Å². The first-order valence-electron chi connectivity index (χ1n) is 5.72. The van der Waals surface area contributed by atoms with Gasteiger partial charge in [-0.05, 0) is 13.3 Å². The number of hydrogen-bond donors (Lipinski definition) is 1. The van der Waals surface area contributed by atoms with Crippen molar-refractivity contribution < 1.29 is 8.78 Å². The Bertz CT molecular complexity index is 327. The Balaban J connectivity index is 2.50. The molecule has 2 atom stereocenters. The molecule has 4 heteroatoms. The summed E-state index contributed by atoms with van der Waals surface area (Å²) in [6.07, 6.45) is 0.824. The van der Waals surface area contributed by atoms with Crippen molar-refractivity contribution in [3.8, 4) is 0 Å². The Labute approximate surface area is 110 Å². The lowest BCUT2D eigenvalue weighted by Gasteiger charge is -2.21. The first-order chi connectivity index (χ1) is 7.92. The molecule has 1 aromatic rings. The third kappa shape index (κ3) is 5.13. The number of hydrogen-bond acceptors (Lipinski definition) is 1. The van der Waals surface area contributed by atoms with Gasteiger partial charge in [-0.2, -0.15) is 8.78 Å². The Kier molecular flexibility index (Phi) is 5.53. The number of rotatable bonds is 6. The molecule has 0 saturated heterocycles. The van der Waals surface area contributed by atoms with Gasteiger partial charge in [-0.25, -0.2) is 0 Å². The summed E-state index contributed by atoms with van der Waals surface area (Å²) in [7, 11) is 0. The summed E-state index contributed by atoms with van der Waals surface area (Å²) in [6.45, 7) is 3.60. The highest BCUT2D eigenvalue weighted by molar-refractivity contribution is 9.09. The zero-order chi connectivity index (χ0) is 12.9. The Morgan fingerprint density at radius 3 is 2.35 bits per heavy atom. The highest BCUT2D eigenvalue weighted by Crippen LogP contribution is 2.26. The van der Waals surface area contributed by atoms with E-state index >= 15 is 0 Å². The highest BCUT2D eigenvalue weighted by atomic mass is 79.9. The van der Waals surface area contributed by atoms with Crippen molar-refractivity contribution in [1.82, 2.24) is 5.32 Å². The van der Waals surface area contributed by atoms with Crippen molar-refractivity contribution >= 4 is 15.9 Å². The van der Waals surface area contributed by atoms with Gasteiger partial charge in [0.25, 0.3) is 5.92 Å². The SMILES string of the molecule is CC(Br)CC(C)NCC(F)(F)c1ccccc1. The summed E-state index contributed by atoms with van der Waals surface area (Å²) in [6, 6.07) is 7.99. The largest absolute Gasteiger partial charge is 0.308 e. The van der Waals surface area contributed by atoms with Crippen LogP contribution < -0.4 is 5.32 Å². The number of benzene rings is 1. The summed E-state index contributed by atoms with van der Waals surface area (Å²) >= 11 is 3.41. The van der Waals surface area contributed by atoms with Gasteiger partial charge in [0.05, 0.1) is 6.54 Å². The Morgan fingerprint density at radius 2 is 1.82 bits per heavy atom. The molecular formula is C13H18BrF2N. The molecule has 0 amide bonds. The number of halogens is 3. The average Bonchev–Trinajstić information content (AvgIpc) is 2.27. The van der Waals surface area contributed by atoms with E-state index in [9.17, 15) is 8.78 Å². The maximum atomic E-state index is 13.8. The van der Waals surface area contributed by atoms with Gasteiger partial charge < -0.3 is 5.32 Å². The lowest BCUT2D eigenvalue weighted by Crippen LogP contribution is -2.37. The summed E-state index contributed by atoms with van der Waals surface area (Å²) in [5.74, 6) is -2.81. The second kappa shape index (κ2) is 6.45. The zero-order valence-electron chi connectivity index (χ0n) is 10.1. The molecular weight excluding hydrogens is 288 g/mol. The molecule has 0 aliphatic rings. The lowest BCUT2D eigenvalue weighted by molar-refractivity contribution is -0.00545. The van der Waals surface area contributed by atoms with Crippen molar-refractivity contribution in [3.63, 3.8) is 0 Å². The maximum absolute atomic E-state index is 13.8. The van der Waals surface area contributed by atoms with Crippen LogP contribution >= 0.6 is 15.9 Å². The molecule has 0 aliphatic heterocycles. The minimum Gasteiger partial charge on any atom is -0.308 e. The molecule has 96 valence electrons. The summed E-state index contributed by atoms with van der Waals surface area (Å²) < 4.78 is 27.6. The molecule has 0 fully saturated rings. The molecule has 17 heavy (non-hydrogen) atoms. The fourth-order valence-electron chi connectivity index (χ4n) is 1.66. The third-order valence-corrected chi connectivity index (χ3v) is 2.92. The van der Waals surface area contributed by atoms with E-state index in [1.165, 1.54) is 12.1 Å². The van der Waals surface area contributed by atoms with Gasteiger partial charge in [-0.15, -0.1) is 0 Å². The Hall–Kier alpha value is -0.480. The fraction of sp³-hybridized carbons (Fsp3) is 0.538. The summed E-state index contributed by atoms with van der Waals surface area (Å²) in [4.78, 5) is 0.329. The molecule has 1 N–H and O–H groups in total. The molecule has 2 unspecified atom stereocenters. The molecule has 0 heterocycles. The van der Waals surface area contributed by atoms with Crippen LogP contribution in [0.15, 0.2) is 30.3 Å². The first-order valence-corrected chi connectivity index (χ1v) is 6.64. The second-order valence-corrected chi connectivity index (χ2v) is 5.93. The zero-order valence-corrected chi connectivity index (χ0v) is 11.7. The summed E-state index contributed by atoms with van der Waals surface area (Å²) in [5.41, 5.74) is 0.0617. The van der Waals surface area contributed by atoms with E-state index in [1.54, 1.807) is 18.2 Å². The fourth-order valence-corrected chi connectivity index (χ4v) is 2.22. The van der Waals surface area contributed by atoms with Crippen LogP contribution in [0.5, 0.6) is 0 Å². The van der Waals surface area contributed by atoms with E-state index in [0.29, 0.717) is 4.83 Å². The van der Waals surface area contributed by atoms with Gasteiger partial charge in [0, 0.05) is 16.4 Å². The highest BCUT2D eigenvalue weighted by Gasteiger charge is 2.31. The van der Waals surface area contributed by atoms with E-state index < -0.39 is 5.92 Å². The van der Waals surface area contributed by atoms with E-state index in [1.807, 2.05) is 13.8 Å². The molecule has 0 aromatic heterocycles. The molecule has 1 aromatic carbocycles.